The summed E-state index contributed by atoms with van der Waals surface area (Å²) in [6.45, 7) is -2.62. The summed E-state index contributed by atoms with van der Waals surface area (Å²) in [6, 6.07) is 3.35. The fourth-order valence-electron chi connectivity index (χ4n) is 2.07. The van der Waals surface area contributed by atoms with Gasteiger partial charge in [0.05, 0.1) is 16.0 Å². The Kier molecular flexibility index (Phi) is 5.03. The maximum absolute atomic E-state index is 12.4. The maximum Gasteiger partial charge on any atom is 0.387 e. The third kappa shape index (κ3) is 3.82. The second kappa shape index (κ2) is 6.43. The van der Waals surface area contributed by atoms with E-state index < -0.39 is 22.7 Å². The minimum atomic E-state index is -3.76. The zero-order chi connectivity index (χ0) is 15.6. The molecule has 0 aliphatic carbocycles. The van der Waals surface area contributed by atoms with E-state index >= 15 is 0 Å². The molecule has 0 unspecified atom stereocenters. The van der Waals surface area contributed by atoms with E-state index in [-0.39, 0.29) is 28.8 Å². The molecule has 1 aliphatic heterocycles. The van der Waals surface area contributed by atoms with Crippen LogP contribution in [0, 0.1) is 0 Å². The summed E-state index contributed by atoms with van der Waals surface area (Å²) < 4.78 is 54.4. The van der Waals surface area contributed by atoms with Crippen LogP contribution in [0.5, 0.6) is 5.75 Å². The van der Waals surface area contributed by atoms with E-state index in [0.717, 1.165) is 12.1 Å². The molecule has 1 fully saturated rings. The van der Waals surface area contributed by atoms with Crippen molar-refractivity contribution in [3.05, 3.63) is 23.2 Å². The van der Waals surface area contributed by atoms with Crippen LogP contribution in [0.1, 0.15) is 12.8 Å². The minimum Gasteiger partial charge on any atom is -0.433 e. The van der Waals surface area contributed by atoms with Gasteiger partial charge in [-0.2, -0.15) is 13.1 Å². The van der Waals surface area contributed by atoms with Crippen molar-refractivity contribution in [2.24, 2.45) is 0 Å². The lowest BCUT2D eigenvalue weighted by Gasteiger charge is -2.28. The first-order valence-electron chi connectivity index (χ1n) is 6.23. The topological polar surface area (TPSA) is 66.8 Å². The van der Waals surface area contributed by atoms with Crippen molar-refractivity contribution in [1.82, 2.24) is 4.31 Å². The van der Waals surface area contributed by atoms with Crippen LogP contribution in [0.2, 0.25) is 5.02 Å². The first-order chi connectivity index (χ1) is 9.80. The molecule has 0 aromatic heterocycles. The normalized spacial score (nSPS) is 18.1. The molecular weight excluding hydrogens is 328 g/mol. The van der Waals surface area contributed by atoms with Crippen LogP contribution in [0.3, 0.4) is 0 Å². The minimum absolute atomic E-state index is 0.0921. The van der Waals surface area contributed by atoms with Crippen LogP contribution in [-0.4, -0.2) is 43.6 Å². The lowest BCUT2D eigenvalue weighted by molar-refractivity contribution is -0.0498. The summed E-state index contributed by atoms with van der Waals surface area (Å²) in [5.74, 6) is -0.278. The Bertz CT molecular complexity index is 603. The van der Waals surface area contributed by atoms with Crippen molar-refractivity contribution in [2.45, 2.75) is 30.5 Å². The van der Waals surface area contributed by atoms with Crippen molar-refractivity contribution < 1.29 is 27.0 Å². The number of hydrogen-bond donors (Lipinski definition) is 1. The number of alkyl halides is 2. The Hall–Kier alpha value is -0.960. The van der Waals surface area contributed by atoms with E-state index in [1.165, 1.54) is 10.4 Å². The Balaban J connectivity index is 2.22. The van der Waals surface area contributed by atoms with Gasteiger partial charge < -0.3 is 9.84 Å². The van der Waals surface area contributed by atoms with Gasteiger partial charge in [-0.25, -0.2) is 8.42 Å². The van der Waals surface area contributed by atoms with Crippen molar-refractivity contribution in [1.29, 1.82) is 0 Å². The molecule has 1 heterocycles. The fourth-order valence-corrected chi connectivity index (χ4v) is 3.85. The molecule has 9 heteroatoms. The van der Waals surface area contributed by atoms with Crippen LogP contribution in [0.15, 0.2) is 23.1 Å². The number of aliphatic hydroxyl groups is 1. The van der Waals surface area contributed by atoms with Crippen LogP contribution in [0.25, 0.3) is 0 Å². The molecule has 0 amide bonds. The molecule has 1 aromatic carbocycles. The van der Waals surface area contributed by atoms with Crippen molar-refractivity contribution in [2.75, 3.05) is 13.1 Å². The van der Waals surface area contributed by atoms with Crippen LogP contribution >= 0.6 is 11.6 Å². The molecule has 21 heavy (non-hydrogen) atoms. The highest BCUT2D eigenvalue weighted by atomic mass is 35.5. The van der Waals surface area contributed by atoms with Crippen molar-refractivity contribution in [3.63, 3.8) is 0 Å². The van der Waals surface area contributed by atoms with Crippen molar-refractivity contribution in [3.8, 4) is 5.75 Å². The molecule has 118 valence electrons. The molecule has 1 aromatic rings. The fraction of sp³-hybridized carbons (Fsp3) is 0.500. The van der Waals surface area contributed by atoms with Crippen LogP contribution < -0.4 is 4.74 Å². The zero-order valence-electron chi connectivity index (χ0n) is 10.9. The predicted octanol–water partition coefficient (Wildman–Crippen LogP) is 2.09. The first kappa shape index (κ1) is 16.4. The first-order valence-corrected chi connectivity index (χ1v) is 8.05. The molecular formula is C12H14ClF2NO4S. The number of nitrogens with zero attached hydrogens (tertiary/aromatic N) is 1. The highest BCUT2D eigenvalue weighted by Crippen LogP contribution is 2.30. The second-order valence-electron chi connectivity index (χ2n) is 4.61. The molecule has 0 spiro atoms. The number of piperidine rings is 1. The van der Waals surface area contributed by atoms with Gasteiger partial charge in [-0.3, -0.25) is 0 Å². The van der Waals surface area contributed by atoms with E-state index in [0.29, 0.717) is 12.8 Å². The van der Waals surface area contributed by atoms with Gasteiger partial charge in [0.15, 0.2) is 0 Å². The monoisotopic (exact) mass is 341 g/mol. The molecule has 0 bridgehead atoms. The molecule has 1 aliphatic rings. The number of sulfonamides is 1. The number of ether oxygens (including phenoxy) is 1. The summed E-state index contributed by atoms with van der Waals surface area (Å²) in [7, 11) is -3.76. The summed E-state index contributed by atoms with van der Waals surface area (Å²) >= 11 is 5.76. The van der Waals surface area contributed by atoms with E-state index in [2.05, 4.69) is 4.74 Å². The quantitative estimate of drug-likeness (QED) is 0.910. The number of aliphatic hydroxyl groups excluding tert-OH is 1. The average Bonchev–Trinajstić information content (AvgIpc) is 2.41. The van der Waals surface area contributed by atoms with Gasteiger partial charge >= 0.3 is 6.61 Å². The SMILES string of the molecule is O=S(=O)(c1ccc(OC(F)F)c(Cl)c1)N1CCC(O)CC1. The highest BCUT2D eigenvalue weighted by Gasteiger charge is 2.29. The number of benzene rings is 1. The smallest absolute Gasteiger partial charge is 0.387 e. The summed E-state index contributed by atoms with van der Waals surface area (Å²) in [5.41, 5.74) is 0. The number of hydrogen-bond acceptors (Lipinski definition) is 4. The Morgan fingerprint density at radius 3 is 2.48 bits per heavy atom. The van der Waals surface area contributed by atoms with Crippen LogP contribution in [0.4, 0.5) is 8.78 Å². The molecule has 0 radical (unpaired) electrons. The number of halogens is 3. The summed E-state index contributed by atoms with van der Waals surface area (Å²) in [4.78, 5) is -0.0921. The van der Waals surface area contributed by atoms with Gasteiger partial charge in [0, 0.05) is 13.1 Å². The standard InChI is InChI=1S/C12H14ClF2NO4S/c13-10-7-9(1-2-11(10)20-12(14)15)21(18,19)16-5-3-8(17)4-6-16/h1-2,7-8,12,17H,3-6H2. The highest BCUT2D eigenvalue weighted by molar-refractivity contribution is 7.89. The molecule has 5 nitrogen and oxygen atoms in total. The average molecular weight is 342 g/mol. The Labute approximate surface area is 126 Å². The molecule has 0 atom stereocenters. The van der Waals surface area contributed by atoms with Gasteiger partial charge in [0.25, 0.3) is 0 Å². The third-order valence-electron chi connectivity index (χ3n) is 3.18. The van der Waals surface area contributed by atoms with Gasteiger partial charge in [0.2, 0.25) is 10.0 Å². The third-order valence-corrected chi connectivity index (χ3v) is 5.37. The van der Waals surface area contributed by atoms with Gasteiger partial charge in [0.1, 0.15) is 5.75 Å². The Morgan fingerprint density at radius 1 is 1.33 bits per heavy atom. The van der Waals surface area contributed by atoms with E-state index in [1.807, 2.05) is 0 Å². The van der Waals surface area contributed by atoms with Crippen LogP contribution in [-0.2, 0) is 10.0 Å². The molecule has 2 rings (SSSR count). The molecule has 1 saturated heterocycles. The van der Waals surface area contributed by atoms with Gasteiger partial charge in [-0.1, -0.05) is 11.6 Å². The second-order valence-corrected chi connectivity index (χ2v) is 6.95. The largest absolute Gasteiger partial charge is 0.433 e. The van der Waals surface area contributed by atoms with Gasteiger partial charge in [-0.05, 0) is 31.0 Å². The lowest BCUT2D eigenvalue weighted by Crippen LogP contribution is -2.39. The van der Waals surface area contributed by atoms with Crippen molar-refractivity contribution >= 4 is 21.6 Å². The predicted molar refractivity (Wildman–Crippen MR) is 72.1 cm³/mol. The van der Waals surface area contributed by atoms with Gasteiger partial charge in [-0.15, -0.1) is 0 Å². The Morgan fingerprint density at radius 2 is 1.95 bits per heavy atom. The summed E-state index contributed by atoms with van der Waals surface area (Å²) in [6.07, 6.45) is 0.223. The van der Waals surface area contributed by atoms with E-state index in [4.69, 9.17) is 11.6 Å². The van der Waals surface area contributed by atoms with E-state index in [9.17, 15) is 22.3 Å². The lowest BCUT2D eigenvalue weighted by atomic mass is 10.1. The van der Waals surface area contributed by atoms with E-state index in [1.54, 1.807) is 0 Å². The number of rotatable bonds is 4. The summed E-state index contributed by atoms with van der Waals surface area (Å²) in [5, 5.41) is 9.20. The zero-order valence-corrected chi connectivity index (χ0v) is 12.4. The molecule has 1 N–H and O–H groups in total. The maximum atomic E-state index is 12.4. The molecule has 0 saturated carbocycles.